The second-order valence-electron chi connectivity index (χ2n) is 6.38. The summed E-state index contributed by atoms with van der Waals surface area (Å²) in [5.41, 5.74) is -0.908. The number of anilines is 2. The van der Waals surface area contributed by atoms with Gasteiger partial charge in [-0.3, -0.25) is 14.5 Å². The predicted molar refractivity (Wildman–Crippen MR) is 115 cm³/mol. The molecule has 1 atom stereocenters. The number of para-hydroxylation sites is 2. The molecule has 1 unspecified atom stereocenters. The van der Waals surface area contributed by atoms with Gasteiger partial charge in [0.05, 0.1) is 0 Å². The van der Waals surface area contributed by atoms with Crippen LogP contribution in [0.3, 0.4) is 0 Å². The largest absolute Gasteiger partial charge is 0.480 e. The number of hydrogen-bond acceptors (Lipinski definition) is 5. The third kappa shape index (κ3) is 4.76. The van der Waals surface area contributed by atoms with Crippen molar-refractivity contribution in [2.75, 3.05) is 30.4 Å². The van der Waals surface area contributed by atoms with E-state index in [2.05, 4.69) is 0 Å². The lowest BCUT2D eigenvalue weighted by Gasteiger charge is -2.53. The highest BCUT2D eigenvalue weighted by molar-refractivity contribution is 7.97. The maximum Gasteiger partial charge on any atom is 0.471 e. The van der Waals surface area contributed by atoms with Gasteiger partial charge in [-0.2, -0.15) is 13.2 Å². The Hall–Kier alpha value is -2.58. The number of aliphatic carboxylic acids is 1. The smallest absolute Gasteiger partial charge is 0.471 e. The topological polar surface area (TPSA) is 64.1 Å². The van der Waals surface area contributed by atoms with E-state index in [9.17, 15) is 27.9 Å². The van der Waals surface area contributed by atoms with Crippen LogP contribution in [-0.2, 0) is 21.4 Å². The van der Waals surface area contributed by atoms with E-state index in [1.54, 1.807) is 60.7 Å². The van der Waals surface area contributed by atoms with Crippen LogP contribution in [-0.4, -0.2) is 54.2 Å². The molecule has 0 aliphatic heterocycles. The number of amides is 1. The zero-order chi connectivity index (χ0) is 22.5. The quantitative estimate of drug-likeness (QED) is 0.483. The van der Waals surface area contributed by atoms with Gasteiger partial charge in [-0.15, -0.1) is 0 Å². The maximum atomic E-state index is 13.5. The molecule has 2 aromatic carbocycles. The molecule has 0 bridgehead atoms. The van der Waals surface area contributed by atoms with E-state index in [1.807, 2.05) is 0 Å². The van der Waals surface area contributed by atoms with Crippen molar-refractivity contribution in [2.45, 2.75) is 11.7 Å². The fraction of sp³-hybridized carbons (Fsp3) is 0.263. The van der Waals surface area contributed by atoms with Crippen molar-refractivity contribution < 1.29 is 27.9 Å². The Bertz CT molecular complexity index is 855. The monoisotopic (exact) mass is 459 g/mol. The Morgan fingerprint density at radius 1 is 0.933 bits per heavy atom. The van der Waals surface area contributed by atoms with Crippen LogP contribution >= 0.6 is 7.36 Å². The highest BCUT2D eigenvalue weighted by Gasteiger charge is 2.54. The van der Waals surface area contributed by atoms with Crippen LogP contribution in [0.4, 0.5) is 24.5 Å². The highest BCUT2D eigenvalue weighted by Crippen LogP contribution is 2.41. The number of halogens is 3. The van der Waals surface area contributed by atoms with E-state index in [1.165, 1.54) is 23.9 Å². The average Bonchev–Trinajstić information content (AvgIpc) is 2.73. The van der Waals surface area contributed by atoms with Crippen molar-refractivity contribution in [1.29, 1.82) is 0 Å². The standard InChI is InChI=1S/C19H21F3N3O3PS/c1-23(14-9-5-3-6-10-14)19(29-30,24(2)15-11-7-4-8-12-15)25(13-16(26)27)17(28)18(20,21)22/h3-12H,13,29H2,1-2H3,(H,26,27). The molecule has 0 heterocycles. The molecule has 0 aliphatic carbocycles. The summed E-state index contributed by atoms with van der Waals surface area (Å²) < 4.78 is 40.5. The zero-order valence-electron chi connectivity index (χ0n) is 16.2. The molecule has 0 fully saturated rings. The number of nitrogens with zero attached hydrogens (tertiary/aromatic N) is 3. The Morgan fingerprint density at radius 3 is 1.63 bits per heavy atom. The summed E-state index contributed by atoms with van der Waals surface area (Å²) >= 11 is 5.36. The number of hydrogen-bond donors (Lipinski definition) is 1. The normalized spacial score (nSPS) is 12.0. The Morgan fingerprint density at radius 2 is 1.33 bits per heavy atom. The molecule has 1 amide bonds. The molecule has 11 heteroatoms. The minimum atomic E-state index is -5.28. The summed E-state index contributed by atoms with van der Waals surface area (Å²) in [6.07, 6.45) is -5.28. The molecule has 30 heavy (non-hydrogen) atoms. The first-order valence-corrected chi connectivity index (χ1v) is 11.2. The first-order chi connectivity index (χ1) is 14.1. The minimum Gasteiger partial charge on any atom is -0.480 e. The average molecular weight is 459 g/mol. The number of carboxylic acids is 1. The lowest BCUT2D eigenvalue weighted by atomic mass is 10.2. The Balaban J connectivity index is 2.78. The summed E-state index contributed by atoms with van der Waals surface area (Å²) in [5, 5.41) is 9.34. The first kappa shape index (κ1) is 23.7. The number of carbonyl (C=O) groups is 2. The van der Waals surface area contributed by atoms with Crippen molar-refractivity contribution >= 4 is 42.4 Å². The van der Waals surface area contributed by atoms with Crippen molar-refractivity contribution in [3.05, 3.63) is 60.7 Å². The van der Waals surface area contributed by atoms with Gasteiger partial charge >= 0.3 is 18.1 Å². The summed E-state index contributed by atoms with van der Waals surface area (Å²) in [4.78, 5) is 27.1. The molecule has 0 spiro atoms. The summed E-state index contributed by atoms with van der Waals surface area (Å²) in [6, 6.07) is 16.8. The second-order valence-corrected chi connectivity index (χ2v) is 8.09. The third-order valence-corrected chi connectivity index (χ3v) is 6.96. The van der Waals surface area contributed by atoms with Gasteiger partial charge in [0.2, 0.25) is 5.53 Å². The van der Waals surface area contributed by atoms with Crippen molar-refractivity contribution in [2.24, 2.45) is 0 Å². The van der Waals surface area contributed by atoms with Crippen molar-refractivity contribution in [3.8, 4) is 0 Å². The third-order valence-electron chi connectivity index (χ3n) is 4.61. The van der Waals surface area contributed by atoms with Crippen LogP contribution in [0.1, 0.15) is 0 Å². The van der Waals surface area contributed by atoms with Gasteiger partial charge in [0.1, 0.15) is 6.54 Å². The summed E-state index contributed by atoms with van der Waals surface area (Å²) in [7, 11) is 1.63. The SMILES string of the molecule is CN(c1ccccc1)C([PH2]=S)(N(CC(=O)O)C(=O)C(F)(F)F)N(C)c1ccccc1. The van der Waals surface area contributed by atoms with Gasteiger partial charge in [-0.1, -0.05) is 48.2 Å². The molecule has 0 saturated heterocycles. The van der Waals surface area contributed by atoms with Gasteiger partial charge in [-0.05, 0) is 31.6 Å². The summed E-state index contributed by atoms with van der Waals surface area (Å²) in [5.74, 6) is -3.85. The van der Waals surface area contributed by atoms with Crippen LogP contribution in [0.25, 0.3) is 0 Å². The number of carbonyl (C=O) groups excluding carboxylic acids is 1. The van der Waals surface area contributed by atoms with Gasteiger partial charge in [0.15, 0.2) is 0 Å². The van der Waals surface area contributed by atoms with Crippen molar-refractivity contribution in [3.63, 3.8) is 0 Å². The van der Waals surface area contributed by atoms with Gasteiger partial charge in [-0.25, -0.2) is 0 Å². The van der Waals surface area contributed by atoms with E-state index in [0.717, 1.165) is 0 Å². The molecule has 0 aliphatic rings. The second kappa shape index (κ2) is 9.49. The molecule has 2 aromatic rings. The van der Waals surface area contributed by atoms with E-state index < -0.39 is 37.5 Å². The molecule has 162 valence electrons. The summed E-state index contributed by atoms with van der Waals surface area (Å²) in [6.45, 7) is -1.17. The molecule has 6 nitrogen and oxygen atoms in total. The molecular weight excluding hydrogens is 438 g/mol. The Kier molecular flexibility index (Phi) is 7.49. The fourth-order valence-corrected chi connectivity index (χ4v) is 5.40. The number of benzene rings is 2. The molecular formula is C19H21F3N3O3PS. The highest BCUT2D eigenvalue weighted by atomic mass is 32.4. The van der Waals surface area contributed by atoms with Crippen LogP contribution in [0.2, 0.25) is 0 Å². The Labute approximate surface area is 178 Å². The maximum absolute atomic E-state index is 13.5. The lowest BCUT2D eigenvalue weighted by molar-refractivity contribution is -0.190. The van der Waals surface area contributed by atoms with E-state index in [4.69, 9.17) is 11.8 Å². The fourth-order valence-electron chi connectivity index (χ4n) is 3.12. The van der Waals surface area contributed by atoms with Gasteiger partial charge in [0, 0.05) is 25.5 Å². The number of carboxylic acid groups (broad SMARTS) is 1. The van der Waals surface area contributed by atoms with E-state index in [0.29, 0.717) is 16.3 Å². The van der Waals surface area contributed by atoms with Crippen LogP contribution in [0.5, 0.6) is 0 Å². The van der Waals surface area contributed by atoms with Crippen LogP contribution < -0.4 is 9.80 Å². The van der Waals surface area contributed by atoms with E-state index in [-0.39, 0.29) is 0 Å². The van der Waals surface area contributed by atoms with Gasteiger partial charge < -0.3 is 14.9 Å². The molecule has 0 radical (unpaired) electrons. The number of alkyl halides is 3. The first-order valence-electron chi connectivity index (χ1n) is 8.70. The van der Waals surface area contributed by atoms with Gasteiger partial charge in [0.25, 0.3) is 0 Å². The molecule has 1 N–H and O–H groups in total. The van der Waals surface area contributed by atoms with E-state index >= 15 is 0 Å². The van der Waals surface area contributed by atoms with Crippen LogP contribution in [0.15, 0.2) is 60.7 Å². The minimum absolute atomic E-state index is 0.303. The number of rotatable bonds is 8. The molecule has 0 aromatic heterocycles. The molecule has 2 rings (SSSR count). The molecule has 0 saturated carbocycles. The van der Waals surface area contributed by atoms with Crippen LogP contribution in [0, 0.1) is 0 Å². The predicted octanol–water partition coefficient (Wildman–Crippen LogP) is 3.22. The zero-order valence-corrected chi connectivity index (χ0v) is 18.2. The van der Waals surface area contributed by atoms with Crippen molar-refractivity contribution in [1.82, 2.24) is 4.90 Å². The lowest BCUT2D eigenvalue weighted by Crippen LogP contribution is -2.69.